The van der Waals surface area contributed by atoms with Crippen LogP contribution in [0.25, 0.3) is 5.65 Å². The van der Waals surface area contributed by atoms with Crippen LogP contribution in [0.2, 0.25) is 0 Å². The Labute approximate surface area is 135 Å². The second-order valence-corrected chi connectivity index (χ2v) is 5.83. The van der Waals surface area contributed by atoms with Gasteiger partial charge in [0.1, 0.15) is 17.3 Å². The number of hydrogen-bond donors (Lipinski definition) is 0. The second kappa shape index (κ2) is 5.88. The summed E-state index contributed by atoms with van der Waals surface area (Å²) < 4.78 is 15.3. The minimum absolute atomic E-state index is 0.134. The summed E-state index contributed by atoms with van der Waals surface area (Å²) in [6.07, 6.45) is 1.69. The summed E-state index contributed by atoms with van der Waals surface area (Å²) >= 11 is 3.35. The number of benzene rings is 1. The highest BCUT2D eigenvalue weighted by molar-refractivity contribution is 9.10. The maximum absolute atomic E-state index is 13.1. The van der Waals surface area contributed by atoms with Gasteiger partial charge in [-0.05, 0) is 29.8 Å². The second-order valence-electron chi connectivity index (χ2n) is 4.97. The fourth-order valence-corrected chi connectivity index (χ4v) is 2.70. The Kier molecular flexibility index (Phi) is 3.94. The van der Waals surface area contributed by atoms with Gasteiger partial charge in [0.15, 0.2) is 0 Å². The predicted molar refractivity (Wildman–Crippen MR) is 87.7 cm³/mol. The van der Waals surface area contributed by atoms with E-state index in [9.17, 15) is 9.18 Å². The zero-order valence-electron chi connectivity index (χ0n) is 11.8. The van der Waals surface area contributed by atoms with Crippen molar-refractivity contribution in [2.75, 3.05) is 11.9 Å². The molecule has 0 aliphatic carbocycles. The molecule has 1 aromatic carbocycles. The van der Waals surface area contributed by atoms with Crippen LogP contribution in [0.15, 0.2) is 57.9 Å². The molecule has 0 amide bonds. The molecule has 0 radical (unpaired) electrons. The fraction of sp³-hybridized carbons (Fsp3) is 0.125. The molecule has 112 valence electrons. The van der Waals surface area contributed by atoms with Gasteiger partial charge in [0.05, 0.1) is 0 Å². The van der Waals surface area contributed by atoms with Gasteiger partial charge in [-0.3, -0.25) is 9.20 Å². The Morgan fingerprint density at radius 3 is 2.86 bits per heavy atom. The molecule has 0 unspecified atom stereocenters. The number of rotatable bonds is 3. The van der Waals surface area contributed by atoms with Gasteiger partial charge < -0.3 is 4.90 Å². The van der Waals surface area contributed by atoms with Gasteiger partial charge in [-0.25, -0.2) is 9.37 Å². The molecule has 0 bridgehead atoms. The normalized spacial score (nSPS) is 10.9. The van der Waals surface area contributed by atoms with E-state index in [0.717, 1.165) is 5.56 Å². The van der Waals surface area contributed by atoms with Crippen LogP contribution in [0.5, 0.6) is 0 Å². The van der Waals surface area contributed by atoms with E-state index < -0.39 is 0 Å². The van der Waals surface area contributed by atoms with Crippen LogP contribution < -0.4 is 10.5 Å². The van der Waals surface area contributed by atoms with E-state index >= 15 is 0 Å². The number of fused-ring (bicyclic) bond motifs is 1. The number of pyridine rings is 1. The Hall–Kier alpha value is -2.21. The minimum Gasteiger partial charge on any atom is -0.355 e. The lowest BCUT2D eigenvalue weighted by atomic mass is 10.2. The van der Waals surface area contributed by atoms with Crippen LogP contribution >= 0.6 is 15.9 Å². The van der Waals surface area contributed by atoms with E-state index in [1.54, 1.807) is 24.4 Å². The zero-order valence-corrected chi connectivity index (χ0v) is 13.4. The summed E-state index contributed by atoms with van der Waals surface area (Å²) in [7, 11) is 1.84. The standard InChI is InChI=1S/C16H13BrFN3O/c1-20(10-11-5-6-12(18)8-13(11)17)15-9-16(22)21-7-3-2-4-14(21)19-15/h2-9H,10H2,1H3. The maximum Gasteiger partial charge on any atom is 0.259 e. The third-order valence-corrected chi connectivity index (χ3v) is 4.11. The lowest BCUT2D eigenvalue weighted by molar-refractivity contribution is 0.625. The van der Waals surface area contributed by atoms with Gasteiger partial charge in [0.2, 0.25) is 0 Å². The van der Waals surface area contributed by atoms with Crippen molar-refractivity contribution in [3.8, 4) is 0 Å². The Morgan fingerprint density at radius 2 is 2.09 bits per heavy atom. The third kappa shape index (κ3) is 2.87. The molecule has 22 heavy (non-hydrogen) atoms. The van der Waals surface area contributed by atoms with Gasteiger partial charge in [-0.15, -0.1) is 0 Å². The van der Waals surface area contributed by atoms with Gasteiger partial charge in [-0.2, -0.15) is 0 Å². The largest absolute Gasteiger partial charge is 0.355 e. The number of aromatic nitrogens is 2. The Morgan fingerprint density at radius 1 is 1.27 bits per heavy atom. The van der Waals surface area contributed by atoms with Crippen LogP contribution in [0.3, 0.4) is 0 Å². The molecule has 0 fully saturated rings. The zero-order chi connectivity index (χ0) is 15.7. The summed E-state index contributed by atoms with van der Waals surface area (Å²) in [6.45, 7) is 0.510. The summed E-state index contributed by atoms with van der Waals surface area (Å²) in [5, 5.41) is 0. The van der Waals surface area contributed by atoms with Crippen molar-refractivity contribution < 1.29 is 4.39 Å². The average Bonchev–Trinajstić information content (AvgIpc) is 2.50. The molecule has 0 saturated carbocycles. The molecule has 6 heteroatoms. The average molecular weight is 362 g/mol. The van der Waals surface area contributed by atoms with E-state index in [0.29, 0.717) is 22.5 Å². The molecule has 2 heterocycles. The lowest BCUT2D eigenvalue weighted by Gasteiger charge is -2.19. The lowest BCUT2D eigenvalue weighted by Crippen LogP contribution is -2.22. The first-order valence-corrected chi connectivity index (χ1v) is 7.47. The molecule has 0 saturated heterocycles. The number of hydrogen-bond acceptors (Lipinski definition) is 3. The molecule has 4 nitrogen and oxygen atoms in total. The highest BCUT2D eigenvalue weighted by Gasteiger charge is 2.09. The number of nitrogens with zero attached hydrogens (tertiary/aromatic N) is 3. The van der Waals surface area contributed by atoms with Crippen LogP contribution in [0, 0.1) is 5.82 Å². The first kappa shape index (κ1) is 14.7. The maximum atomic E-state index is 13.1. The van der Waals surface area contributed by atoms with Gasteiger partial charge in [0, 0.05) is 30.3 Å². The van der Waals surface area contributed by atoms with Crippen molar-refractivity contribution in [3.63, 3.8) is 0 Å². The first-order chi connectivity index (χ1) is 10.5. The Balaban J connectivity index is 1.95. The molecular weight excluding hydrogens is 349 g/mol. The van der Waals surface area contributed by atoms with Gasteiger partial charge >= 0.3 is 0 Å². The topological polar surface area (TPSA) is 37.6 Å². The van der Waals surface area contributed by atoms with Gasteiger partial charge in [-0.1, -0.05) is 28.1 Å². The van der Waals surface area contributed by atoms with E-state index in [-0.39, 0.29) is 11.4 Å². The molecule has 0 spiro atoms. The SMILES string of the molecule is CN(Cc1ccc(F)cc1Br)c1cc(=O)n2ccccc2n1. The molecule has 2 aromatic heterocycles. The van der Waals surface area contributed by atoms with Crippen molar-refractivity contribution >= 4 is 27.4 Å². The van der Waals surface area contributed by atoms with Crippen molar-refractivity contribution in [2.45, 2.75) is 6.54 Å². The van der Waals surface area contributed by atoms with E-state index in [1.807, 2.05) is 18.0 Å². The van der Waals surface area contributed by atoms with E-state index in [4.69, 9.17) is 0 Å². The minimum atomic E-state index is -0.291. The summed E-state index contributed by atoms with van der Waals surface area (Å²) in [5.41, 5.74) is 1.37. The van der Waals surface area contributed by atoms with Crippen LogP contribution in [-0.2, 0) is 6.54 Å². The molecule has 3 aromatic rings. The molecule has 0 aliphatic heterocycles. The third-order valence-electron chi connectivity index (χ3n) is 3.37. The van der Waals surface area contributed by atoms with Crippen molar-refractivity contribution in [3.05, 3.63) is 74.9 Å². The summed E-state index contributed by atoms with van der Waals surface area (Å²) in [4.78, 5) is 18.4. The molecule has 0 N–H and O–H groups in total. The molecule has 0 aliphatic rings. The fourth-order valence-electron chi connectivity index (χ4n) is 2.22. The summed E-state index contributed by atoms with van der Waals surface area (Å²) in [5.74, 6) is 0.285. The molecule has 0 atom stereocenters. The molecule has 3 rings (SSSR count). The first-order valence-electron chi connectivity index (χ1n) is 6.68. The molecular formula is C16H13BrFN3O. The highest BCUT2D eigenvalue weighted by Crippen LogP contribution is 2.21. The van der Waals surface area contributed by atoms with Crippen molar-refractivity contribution in [1.82, 2.24) is 9.38 Å². The van der Waals surface area contributed by atoms with Gasteiger partial charge in [0.25, 0.3) is 5.56 Å². The van der Waals surface area contributed by atoms with Crippen LogP contribution in [-0.4, -0.2) is 16.4 Å². The van der Waals surface area contributed by atoms with Crippen molar-refractivity contribution in [2.24, 2.45) is 0 Å². The van der Waals surface area contributed by atoms with Crippen molar-refractivity contribution in [1.29, 1.82) is 0 Å². The number of halogens is 2. The van der Waals surface area contributed by atoms with E-state index in [1.165, 1.54) is 22.6 Å². The quantitative estimate of drug-likeness (QED) is 0.718. The smallest absolute Gasteiger partial charge is 0.259 e. The highest BCUT2D eigenvalue weighted by atomic mass is 79.9. The Bertz CT molecular complexity index is 894. The van der Waals surface area contributed by atoms with E-state index in [2.05, 4.69) is 20.9 Å². The number of anilines is 1. The predicted octanol–water partition coefficient (Wildman–Crippen LogP) is 3.23. The summed E-state index contributed by atoms with van der Waals surface area (Å²) in [6, 6.07) is 11.4. The van der Waals surface area contributed by atoms with Crippen LogP contribution in [0.4, 0.5) is 10.2 Å². The monoisotopic (exact) mass is 361 g/mol. The van der Waals surface area contributed by atoms with Crippen LogP contribution in [0.1, 0.15) is 5.56 Å².